The number of piperazine rings is 1. The number of nitrogens with zero attached hydrogens (tertiary/aromatic N) is 3. The summed E-state index contributed by atoms with van der Waals surface area (Å²) in [4.78, 5) is 28.1. The first-order valence-electron chi connectivity index (χ1n) is 8.15. The number of hydrogen-bond donors (Lipinski definition) is 2. The fourth-order valence-electron chi connectivity index (χ4n) is 3.07. The molecule has 2 aliphatic heterocycles. The van der Waals surface area contributed by atoms with Gasteiger partial charge in [-0.1, -0.05) is 0 Å². The molecule has 2 amide bonds. The van der Waals surface area contributed by atoms with Crippen molar-refractivity contribution in [3.63, 3.8) is 0 Å². The Bertz CT molecular complexity index is 664. The predicted molar refractivity (Wildman–Crippen MR) is 88.9 cm³/mol. The third-order valence-electron chi connectivity index (χ3n) is 4.49. The molecule has 0 spiro atoms. The summed E-state index contributed by atoms with van der Waals surface area (Å²) in [7, 11) is 0. The van der Waals surface area contributed by atoms with Crippen molar-refractivity contribution in [2.45, 2.75) is 6.10 Å². The Kier molecular flexibility index (Phi) is 5.05. The minimum Gasteiger partial charge on any atom is -0.443 e. The number of halogens is 1. The molecule has 0 radical (unpaired) electrons. The minimum absolute atomic E-state index is 0.222. The highest BCUT2D eigenvalue weighted by molar-refractivity contribution is 5.90. The number of aliphatic hydroxyl groups is 1. The molecule has 0 saturated carbocycles. The van der Waals surface area contributed by atoms with Gasteiger partial charge in [-0.25, -0.2) is 9.18 Å². The number of nitrogens with two attached hydrogens (primary N) is 1. The van der Waals surface area contributed by atoms with Gasteiger partial charge in [0.15, 0.2) is 0 Å². The van der Waals surface area contributed by atoms with Crippen LogP contribution in [-0.2, 0) is 9.53 Å². The third kappa shape index (κ3) is 3.52. The monoisotopic (exact) mass is 352 g/mol. The van der Waals surface area contributed by atoms with Gasteiger partial charge in [0, 0.05) is 32.7 Å². The van der Waals surface area contributed by atoms with E-state index in [0.717, 1.165) is 0 Å². The predicted octanol–water partition coefficient (Wildman–Crippen LogP) is -0.250. The summed E-state index contributed by atoms with van der Waals surface area (Å²) in [6.45, 7) is 1.81. The van der Waals surface area contributed by atoms with Crippen LogP contribution in [0.15, 0.2) is 18.2 Å². The Morgan fingerprint density at radius 3 is 2.60 bits per heavy atom. The van der Waals surface area contributed by atoms with Gasteiger partial charge in [0.1, 0.15) is 18.5 Å². The molecule has 2 aliphatic rings. The molecule has 1 aromatic rings. The van der Waals surface area contributed by atoms with Crippen LogP contribution in [0.5, 0.6) is 0 Å². The molecule has 3 N–H and O–H groups in total. The number of anilines is 2. The van der Waals surface area contributed by atoms with E-state index >= 15 is 0 Å². The second-order valence-electron chi connectivity index (χ2n) is 6.01. The quantitative estimate of drug-likeness (QED) is 0.775. The summed E-state index contributed by atoms with van der Waals surface area (Å²) in [6.07, 6.45) is -0.911. The maximum Gasteiger partial charge on any atom is 0.414 e. The Hall–Kier alpha value is -2.39. The number of carbonyl (C=O) groups excluding carboxylic acids is 2. The van der Waals surface area contributed by atoms with Crippen LogP contribution in [0.3, 0.4) is 0 Å². The Morgan fingerprint density at radius 1 is 1.32 bits per heavy atom. The molecule has 1 aromatic carbocycles. The maximum absolute atomic E-state index is 14.6. The standard InChI is InChI=1S/C16H21FN4O4/c17-13-7-11(21-9-12(8-18)25-16(21)24)1-2-14(13)19-3-5-20(6-4-19)15(23)10-22/h1-2,7,12,22H,3-6,8-10,18H2. The van der Waals surface area contributed by atoms with Crippen molar-refractivity contribution in [3.05, 3.63) is 24.0 Å². The van der Waals surface area contributed by atoms with E-state index in [-0.39, 0.29) is 18.6 Å². The van der Waals surface area contributed by atoms with Crippen LogP contribution in [0.4, 0.5) is 20.6 Å². The lowest BCUT2D eigenvalue weighted by Gasteiger charge is -2.36. The summed E-state index contributed by atoms with van der Waals surface area (Å²) in [5.74, 6) is -0.763. The second-order valence-corrected chi connectivity index (χ2v) is 6.01. The molecule has 2 saturated heterocycles. The average Bonchev–Trinajstić information content (AvgIpc) is 3.02. The molecule has 9 heteroatoms. The Morgan fingerprint density at radius 2 is 2.04 bits per heavy atom. The van der Waals surface area contributed by atoms with Gasteiger partial charge in [0.25, 0.3) is 0 Å². The highest BCUT2D eigenvalue weighted by Crippen LogP contribution is 2.28. The summed E-state index contributed by atoms with van der Waals surface area (Å²) in [5, 5.41) is 8.89. The molecule has 136 valence electrons. The summed E-state index contributed by atoms with van der Waals surface area (Å²) >= 11 is 0. The van der Waals surface area contributed by atoms with Gasteiger partial charge in [-0.05, 0) is 18.2 Å². The van der Waals surface area contributed by atoms with Crippen LogP contribution in [0.2, 0.25) is 0 Å². The van der Waals surface area contributed by atoms with Crippen LogP contribution in [-0.4, -0.2) is 74.0 Å². The number of cyclic esters (lactones) is 1. The molecule has 1 unspecified atom stereocenters. The SMILES string of the molecule is NCC1CN(c2ccc(N3CCN(C(=O)CO)CC3)c(F)c2)C(=O)O1. The minimum atomic E-state index is -0.529. The van der Waals surface area contributed by atoms with E-state index in [1.807, 2.05) is 4.90 Å². The van der Waals surface area contributed by atoms with Crippen LogP contribution < -0.4 is 15.5 Å². The molecular formula is C16H21FN4O4. The van der Waals surface area contributed by atoms with E-state index in [9.17, 15) is 14.0 Å². The zero-order valence-corrected chi connectivity index (χ0v) is 13.7. The van der Waals surface area contributed by atoms with Gasteiger partial charge in [0.05, 0.1) is 17.9 Å². The molecule has 0 aliphatic carbocycles. The molecule has 2 heterocycles. The van der Waals surface area contributed by atoms with E-state index in [0.29, 0.717) is 44.1 Å². The van der Waals surface area contributed by atoms with Crippen molar-refractivity contribution in [2.24, 2.45) is 5.73 Å². The van der Waals surface area contributed by atoms with Crippen LogP contribution in [0.1, 0.15) is 0 Å². The smallest absolute Gasteiger partial charge is 0.414 e. The Balaban J connectivity index is 1.69. The highest BCUT2D eigenvalue weighted by atomic mass is 19.1. The lowest BCUT2D eigenvalue weighted by atomic mass is 10.2. The molecule has 25 heavy (non-hydrogen) atoms. The number of rotatable bonds is 4. The van der Waals surface area contributed by atoms with Crippen molar-refractivity contribution in [1.82, 2.24) is 4.90 Å². The maximum atomic E-state index is 14.6. The van der Waals surface area contributed by atoms with Crippen molar-refractivity contribution in [2.75, 3.05) is 55.7 Å². The first kappa shape index (κ1) is 17.4. The van der Waals surface area contributed by atoms with Crippen LogP contribution in [0.25, 0.3) is 0 Å². The number of benzene rings is 1. The lowest BCUT2D eigenvalue weighted by Crippen LogP contribution is -2.49. The number of amides is 2. The summed E-state index contributed by atoms with van der Waals surface area (Å²) in [6, 6.07) is 4.60. The topological polar surface area (TPSA) is 99.3 Å². The van der Waals surface area contributed by atoms with Gasteiger partial charge in [-0.15, -0.1) is 0 Å². The Labute approximate surface area is 144 Å². The first-order valence-corrected chi connectivity index (χ1v) is 8.15. The van der Waals surface area contributed by atoms with E-state index in [2.05, 4.69) is 0 Å². The number of carbonyl (C=O) groups is 2. The first-order chi connectivity index (χ1) is 12.0. The van der Waals surface area contributed by atoms with Crippen molar-refractivity contribution < 1.29 is 23.8 Å². The van der Waals surface area contributed by atoms with Gasteiger partial charge >= 0.3 is 6.09 Å². The third-order valence-corrected chi connectivity index (χ3v) is 4.49. The zero-order chi connectivity index (χ0) is 18.0. The van der Waals surface area contributed by atoms with Crippen molar-refractivity contribution in [3.8, 4) is 0 Å². The molecule has 3 rings (SSSR count). The molecular weight excluding hydrogens is 331 g/mol. The summed E-state index contributed by atoms with van der Waals surface area (Å²) < 4.78 is 19.6. The average molecular weight is 352 g/mol. The summed E-state index contributed by atoms with van der Waals surface area (Å²) in [5.41, 5.74) is 6.35. The molecule has 1 atom stereocenters. The van der Waals surface area contributed by atoms with E-state index in [4.69, 9.17) is 15.6 Å². The number of ether oxygens (including phenoxy) is 1. The van der Waals surface area contributed by atoms with E-state index in [1.54, 1.807) is 17.0 Å². The zero-order valence-electron chi connectivity index (χ0n) is 13.7. The molecule has 0 bridgehead atoms. The van der Waals surface area contributed by atoms with E-state index in [1.165, 1.54) is 11.0 Å². The molecule has 0 aromatic heterocycles. The van der Waals surface area contributed by atoms with Gasteiger partial charge < -0.3 is 25.4 Å². The highest BCUT2D eigenvalue weighted by Gasteiger charge is 2.32. The van der Waals surface area contributed by atoms with Crippen molar-refractivity contribution in [1.29, 1.82) is 0 Å². The van der Waals surface area contributed by atoms with Gasteiger partial charge in [-0.2, -0.15) is 0 Å². The lowest BCUT2D eigenvalue weighted by molar-refractivity contribution is -0.134. The van der Waals surface area contributed by atoms with Crippen LogP contribution in [0, 0.1) is 5.82 Å². The molecule has 8 nitrogen and oxygen atoms in total. The molecule has 2 fully saturated rings. The van der Waals surface area contributed by atoms with Gasteiger partial charge in [0.2, 0.25) is 5.91 Å². The fourth-order valence-corrected chi connectivity index (χ4v) is 3.07. The fraction of sp³-hybridized carbons (Fsp3) is 0.500. The van der Waals surface area contributed by atoms with Gasteiger partial charge in [-0.3, -0.25) is 9.69 Å². The van der Waals surface area contributed by atoms with Crippen LogP contribution >= 0.6 is 0 Å². The van der Waals surface area contributed by atoms with Crippen molar-refractivity contribution >= 4 is 23.4 Å². The number of hydrogen-bond acceptors (Lipinski definition) is 6. The van der Waals surface area contributed by atoms with E-state index < -0.39 is 18.5 Å². The number of aliphatic hydroxyl groups excluding tert-OH is 1. The second kappa shape index (κ2) is 7.24. The normalized spacial score (nSPS) is 20.8. The largest absolute Gasteiger partial charge is 0.443 e.